The number of nitrogens with one attached hydrogen (secondary N) is 1. The summed E-state index contributed by atoms with van der Waals surface area (Å²) in [5.41, 5.74) is 0.120. The molecule has 31 heavy (non-hydrogen) atoms. The molecule has 1 N–H and O–H groups in total. The summed E-state index contributed by atoms with van der Waals surface area (Å²) in [5.74, 6) is 0.0160. The van der Waals surface area contributed by atoms with E-state index in [1.807, 2.05) is 0 Å². The van der Waals surface area contributed by atoms with Gasteiger partial charge in [0.15, 0.2) is 12.6 Å². The normalized spacial score (nSPS) is 23.5. The van der Waals surface area contributed by atoms with Crippen molar-refractivity contribution in [1.29, 1.82) is 0 Å². The zero-order chi connectivity index (χ0) is 22.4. The third-order valence-electron chi connectivity index (χ3n) is 6.19. The van der Waals surface area contributed by atoms with E-state index in [9.17, 15) is 4.79 Å². The SMILES string of the molecule is CCCCCC(OC1CCCCO1)C(=O)NCCCCC(C)(C)COC1CCCCO1. The average Bonchev–Trinajstić information content (AvgIpc) is 2.78. The molecule has 182 valence electrons. The molecule has 0 bridgehead atoms. The zero-order valence-corrected chi connectivity index (χ0v) is 20.3. The number of rotatable bonds is 15. The van der Waals surface area contributed by atoms with Crippen molar-refractivity contribution in [3.05, 3.63) is 0 Å². The Morgan fingerprint density at radius 1 is 1.00 bits per heavy atom. The van der Waals surface area contributed by atoms with Crippen molar-refractivity contribution >= 4 is 5.91 Å². The van der Waals surface area contributed by atoms with Crippen LogP contribution in [0.4, 0.5) is 0 Å². The molecule has 0 spiro atoms. The largest absolute Gasteiger partial charge is 0.354 e. The first-order valence-electron chi connectivity index (χ1n) is 12.8. The van der Waals surface area contributed by atoms with Gasteiger partial charge in [0.1, 0.15) is 6.10 Å². The molecule has 2 aliphatic heterocycles. The van der Waals surface area contributed by atoms with Gasteiger partial charge in [-0.05, 0) is 63.2 Å². The van der Waals surface area contributed by atoms with Crippen LogP contribution in [0.1, 0.15) is 104 Å². The van der Waals surface area contributed by atoms with Crippen LogP contribution in [0.25, 0.3) is 0 Å². The molecule has 0 aliphatic carbocycles. The summed E-state index contributed by atoms with van der Waals surface area (Å²) in [5, 5.41) is 3.10. The van der Waals surface area contributed by atoms with Gasteiger partial charge in [0.05, 0.1) is 6.61 Å². The molecule has 2 fully saturated rings. The van der Waals surface area contributed by atoms with E-state index in [1.54, 1.807) is 0 Å². The molecule has 6 heteroatoms. The summed E-state index contributed by atoms with van der Waals surface area (Å²) >= 11 is 0. The number of hydrogen-bond acceptors (Lipinski definition) is 5. The summed E-state index contributed by atoms with van der Waals surface area (Å²) in [4.78, 5) is 12.7. The highest BCUT2D eigenvalue weighted by Crippen LogP contribution is 2.26. The van der Waals surface area contributed by atoms with E-state index in [2.05, 4.69) is 26.1 Å². The lowest BCUT2D eigenvalue weighted by Crippen LogP contribution is -2.40. The molecule has 6 nitrogen and oxygen atoms in total. The Labute approximate surface area is 190 Å². The van der Waals surface area contributed by atoms with E-state index >= 15 is 0 Å². The fraction of sp³-hybridized carbons (Fsp3) is 0.960. The van der Waals surface area contributed by atoms with Gasteiger partial charge in [-0.25, -0.2) is 0 Å². The van der Waals surface area contributed by atoms with Gasteiger partial charge < -0.3 is 24.3 Å². The molecule has 0 aromatic rings. The molecule has 3 unspecified atom stereocenters. The third-order valence-corrected chi connectivity index (χ3v) is 6.19. The molecule has 0 aromatic heterocycles. The molecule has 0 aromatic carbocycles. The molecular weight excluding hydrogens is 394 g/mol. The molecule has 1 amide bonds. The lowest BCUT2D eigenvalue weighted by atomic mass is 9.88. The average molecular weight is 442 g/mol. The third kappa shape index (κ3) is 11.7. The fourth-order valence-corrected chi connectivity index (χ4v) is 4.13. The standard InChI is InChI=1S/C25H47NO5/c1-4-5-6-13-21(31-23-15-8-12-19-29-23)24(27)26-17-10-9-16-25(2,3)20-30-22-14-7-11-18-28-22/h21-23H,4-20H2,1-3H3,(H,26,27). The van der Waals surface area contributed by atoms with Gasteiger partial charge in [-0.3, -0.25) is 4.79 Å². The molecule has 2 heterocycles. The Morgan fingerprint density at radius 2 is 1.71 bits per heavy atom. The second kappa shape index (κ2) is 15.2. The highest BCUT2D eigenvalue weighted by molar-refractivity contribution is 5.80. The number of carbonyl (C=O) groups excluding carboxylic acids is 1. The van der Waals surface area contributed by atoms with Crippen molar-refractivity contribution in [2.75, 3.05) is 26.4 Å². The van der Waals surface area contributed by atoms with Gasteiger partial charge in [-0.2, -0.15) is 0 Å². The fourth-order valence-electron chi connectivity index (χ4n) is 4.13. The molecule has 2 saturated heterocycles. The van der Waals surface area contributed by atoms with Gasteiger partial charge in [-0.1, -0.05) is 46.5 Å². The number of ether oxygens (including phenoxy) is 4. The lowest BCUT2D eigenvalue weighted by Gasteiger charge is -2.29. The number of hydrogen-bond donors (Lipinski definition) is 1. The first-order chi connectivity index (χ1) is 15.0. The number of amides is 1. The molecule has 3 atom stereocenters. The summed E-state index contributed by atoms with van der Waals surface area (Å²) in [6.07, 6.45) is 13.0. The monoisotopic (exact) mass is 441 g/mol. The van der Waals surface area contributed by atoms with E-state index in [0.717, 1.165) is 96.9 Å². The highest BCUT2D eigenvalue weighted by Gasteiger charge is 2.25. The van der Waals surface area contributed by atoms with Gasteiger partial charge in [0.2, 0.25) is 5.91 Å². The lowest BCUT2D eigenvalue weighted by molar-refractivity contribution is -0.193. The van der Waals surface area contributed by atoms with Crippen LogP contribution in [0.2, 0.25) is 0 Å². The van der Waals surface area contributed by atoms with Crippen molar-refractivity contribution in [1.82, 2.24) is 5.32 Å². The molecule has 0 saturated carbocycles. The van der Waals surface area contributed by atoms with E-state index in [4.69, 9.17) is 18.9 Å². The number of unbranched alkanes of at least 4 members (excludes halogenated alkanes) is 3. The highest BCUT2D eigenvalue weighted by atomic mass is 16.7. The van der Waals surface area contributed by atoms with E-state index in [-0.39, 0.29) is 23.9 Å². The predicted octanol–water partition coefficient (Wildman–Crippen LogP) is 5.33. The Bertz CT molecular complexity index is 473. The minimum Gasteiger partial charge on any atom is -0.354 e. The summed E-state index contributed by atoms with van der Waals surface area (Å²) < 4.78 is 23.4. The van der Waals surface area contributed by atoms with Crippen LogP contribution in [0.3, 0.4) is 0 Å². The summed E-state index contributed by atoms with van der Waals surface area (Å²) in [6.45, 7) is 9.64. The van der Waals surface area contributed by atoms with Gasteiger partial charge >= 0.3 is 0 Å². The van der Waals surface area contributed by atoms with E-state index in [0.29, 0.717) is 6.54 Å². The smallest absolute Gasteiger partial charge is 0.249 e. The predicted molar refractivity (Wildman–Crippen MR) is 123 cm³/mol. The Balaban J connectivity index is 1.62. The van der Waals surface area contributed by atoms with Crippen LogP contribution < -0.4 is 5.32 Å². The van der Waals surface area contributed by atoms with Crippen molar-refractivity contribution in [2.45, 2.75) is 123 Å². The molecular formula is C25H47NO5. The van der Waals surface area contributed by atoms with Crippen LogP contribution in [0, 0.1) is 5.41 Å². The summed E-state index contributed by atoms with van der Waals surface area (Å²) in [7, 11) is 0. The van der Waals surface area contributed by atoms with Crippen LogP contribution in [-0.2, 0) is 23.7 Å². The van der Waals surface area contributed by atoms with Crippen molar-refractivity contribution in [3.8, 4) is 0 Å². The molecule has 2 rings (SSSR count). The quantitative estimate of drug-likeness (QED) is 0.348. The molecule has 2 aliphatic rings. The Kier molecular flexibility index (Phi) is 13.0. The van der Waals surface area contributed by atoms with Crippen LogP contribution in [0.15, 0.2) is 0 Å². The zero-order valence-electron chi connectivity index (χ0n) is 20.3. The van der Waals surface area contributed by atoms with Crippen molar-refractivity contribution < 1.29 is 23.7 Å². The minimum absolute atomic E-state index is 0.0160. The van der Waals surface area contributed by atoms with Crippen LogP contribution in [-0.4, -0.2) is 51.0 Å². The summed E-state index contributed by atoms with van der Waals surface area (Å²) in [6, 6.07) is 0. The van der Waals surface area contributed by atoms with Gasteiger partial charge in [0, 0.05) is 19.8 Å². The van der Waals surface area contributed by atoms with Gasteiger partial charge in [0.25, 0.3) is 0 Å². The maximum absolute atomic E-state index is 12.7. The first kappa shape index (κ1) is 26.6. The van der Waals surface area contributed by atoms with Crippen molar-refractivity contribution in [3.63, 3.8) is 0 Å². The Hall–Kier alpha value is -0.690. The van der Waals surface area contributed by atoms with E-state index < -0.39 is 6.10 Å². The first-order valence-corrected chi connectivity index (χ1v) is 12.8. The topological polar surface area (TPSA) is 66.0 Å². The Morgan fingerprint density at radius 3 is 2.35 bits per heavy atom. The minimum atomic E-state index is -0.394. The molecule has 0 radical (unpaired) electrons. The maximum atomic E-state index is 12.7. The second-order valence-corrected chi connectivity index (χ2v) is 9.94. The van der Waals surface area contributed by atoms with Crippen LogP contribution >= 0.6 is 0 Å². The second-order valence-electron chi connectivity index (χ2n) is 9.94. The van der Waals surface area contributed by atoms with Crippen LogP contribution in [0.5, 0.6) is 0 Å². The van der Waals surface area contributed by atoms with E-state index in [1.165, 1.54) is 6.42 Å². The maximum Gasteiger partial charge on any atom is 0.249 e. The number of carbonyl (C=O) groups is 1. The van der Waals surface area contributed by atoms with Crippen molar-refractivity contribution in [2.24, 2.45) is 5.41 Å². The van der Waals surface area contributed by atoms with Gasteiger partial charge in [-0.15, -0.1) is 0 Å².